The molecule has 1 aliphatic heterocycles. The summed E-state index contributed by atoms with van der Waals surface area (Å²) < 4.78 is 44.0. The van der Waals surface area contributed by atoms with Gasteiger partial charge in [-0.3, -0.25) is 0 Å². The van der Waals surface area contributed by atoms with Crippen LogP contribution in [0.4, 0.5) is 23.7 Å². The van der Waals surface area contributed by atoms with E-state index in [1.807, 2.05) is 32.0 Å². The highest BCUT2D eigenvalue weighted by Crippen LogP contribution is 2.32. The van der Waals surface area contributed by atoms with Crippen molar-refractivity contribution in [2.24, 2.45) is 0 Å². The molecule has 2 heterocycles. The molecule has 0 bridgehead atoms. The number of hydrogen-bond donors (Lipinski definition) is 1. The monoisotopic (exact) mass is 444 g/mol. The molecule has 168 valence electrons. The van der Waals surface area contributed by atoms with E-state index >= 15 is 0 Å². The van der Waals surface area contributed by atoms with Crippen molar-refractivity contribution in [3.63, 3.8) is 0 Å². The summed E-state index contributed by atoms with van der Waals surface area (Å²) >= 11 is 0. The minimum Gasteiger partial charge on any atom is -0.420 e. The van der Waals surface area contributed by atoms with E-state index in [1.165, 1.54) is 12.1 Å². The molecule has 0 aliphatic carbocycles. The van der Waals surface area contributed by atoms with Gasteiger partial charge in [0.25, 0.3) is 0 Å². The summed E-state index contributed by atoms with van der Waals surface area (Å²) in [6.07, 6.45) is -2.84. The van der Waals surface area contributed by atoms with Crippen LogP contribution in [0.3, 0.4) is 0 Å². The van der Waals surface area contributed by atoms with E-state index in [-0.39, 0.29) is 17.8 Å². The Labute approximate surface area is 183 Å². The molecule has 1 saturated heterocycles. The molecule has 1 unspecified atom stereocenters. The third-order valence-corrected chi connectivity index (χ3v) is 5.43. The van der Waals surface area contributed by atoms with E-state index in [1.54, 1.807) is 4.90 Å². The Morgan fingerprint density at radius 2 is 1.78 bits per heavy atom. The van der Waals surface area contributed by atoms with Gasteiger partial charge >= 0.3 is 12.2 Å². The van der Waals surface area contributed by atoms with Gasteiger partial charge in [-0.2, -0.15) is 13.2 Å². The lowest BCUT2D eigenvalue weighted by Gasteiger charge is -2.31. The average molecular weight is 444 g/mol. The Balaban J connectivity index is 1.43. The van der Waals surface area contributed by atoms with E-state index in [0.29, 0.717) is 24.5 Å². The largest absolute Gasteiger partial charge is 0.420 e. The summed E-state index contributed by atoms with van der Waals surface area (Å²) in [6, 6.07) is 10.3. The quantitative estimate of drug-likeness (QED) is 0.556. The lowest BCUT2D eigenvalue weighted by Crippen LogP contribution is -2.41. The minimum atomic E-state index is -4.40. The number of nitrogens with zero attached hydrogens (tertiary/aromatic N) is 3. The number of carbonyl (C=O) groups excluding carboxylic acids is 1. The Hall–Kier alpha value is -3.36. The summed E-state index contributed by atoms with van der Waals surface area (Å²) in [4.78, 5) is 14.5. The zero-order chi connectivity index (χ0) is 22.9. The molecule has 4 rings (SSSR count). The first-order valence-electron chi connectivity index (χ1n) is 10.3. The van der Waals surface area contributed by atoms with Crippen LogP contribution in [0.1, 0.15) is 41.3 Å². The average Bonchev–Trinajstić information content (AvgIpc) is 3.23. The van der Waals surface area contributed by atoms with Gasteiger partial charge in [-0.05, 0) is 74.2 Å². The maximum absolute atomic E-state index is 12.8. The van der Waals surface area contributed by atoms with E-state index in [9.17, 15) is 18.0 Å². The van der Waals surface area contributed by atoms with Crippen LogP contribution in [0, 0.1) is 13.8 Å². The second-order valence-corrected chi connectivity index (χ2v) is 8.11. The molecule has 1 atom stereocenters. The first kappa shape index (κ1) is 21.9. The molecule has 0 saturated carbocycles. The number of likely N-dealkylation sites (tertiary alicyclic amines) is 1. The standard InChI is InChI=1S/C23H23F3N4O2/c1-14-10-15(2)12-19(11-14)27-22(31)30-9-3-4-17(13-30)21-29-28-20(32-21)16-5-7-18(8-6-16)23(24,25)26/h5-8,10-12,17H,3-4,9,13H2,1-2H3,(H,27,31). The van der Waals surface area contributed by atoms with E-state index in [2.05, 4.69) is 15.5 Å². The fourth-order valence-electron chi connectivity index (χ4n) is 3.93. The summed E-state index contributed by atoms with van der Waals surface area (Å²) in [7, 11) is 0. The number of hydrogen-bond acceptors (Lipinski definition) is 4. The molecule has 1 N–H and O–H groups in total. The normalized spacial score (nSPS) is 16.8. The number of amides is 2. The van der Waals surface area contributed by atoms with Crippen molar-refractivity contribution in [3.05, 3.63) is 65.0 Å². The minimum absolute atomic E-state index is 0.135. The number of urea groups is 1. The molecule has 2 amide bonds. The molecule has 6 nitrogen and oxygen atoms in total. The van der Waals surface area contributed by atoms with Crippen molar-refractivity contribution in [1.82, 2.24) is 15.1 Å². The Kier molecular flexibility index (Phi) is 5.90. The molecule has 0 radical (unpaired) electrons. The number of aromatic nitrogens is 2. The van der Waals surface area contributed by atoms with Crippen molar-refractivity contribution >= 4 is 11.7 Å². The molecule has 1 aromatic heterocycles. The van der Waals surface area contributed by atoms with Crippen LogP contribution in [0.25, 0.3) is 11.5 Å². The zero-order valence-corrected chi connectivity index (χ0v) is 17.7. The number of anilines is 1. The van der Waals surface area contributed by atoms with Gasteiger partial charge in [-0.1, -0.05) is 6.07 Å². The smallest absolute Gasteiger partial charge is 0.416 e. The fourth-order valence-corrected chi connectivity index (χ4v) is 3.93. The van der Waals surface area contributed by atoms with Crippen LogP contribution in [0.5, 0.6) is 0 Å². The first-order valence-corrected chi connectivity index (χ1v) is 10.3. The van der Waals surface area contributed by atoms with Crippen molar-refractivity contribution in [2.75, 3.05) is 18.4 Å². The Morgan fingerprint density at radius 3 is 2.44 bits per heavy atom. The van der Waals surface area contributed by atoms with Gasteiger partial charge in [0.05, 0.1) is 11.5 Å². The van der Waals surface area contributed by atoms with Crippen LogP contribution in [-0.4, -0.2) is 34.2 Å². The molecular weight excluding hydrogens is 421 g/mol. The van der Waals surface area contributed by atoms with Crippen LogP contribution < -0.4 is 5.32 Å². The van der Waals surface area contributed by atoms with Gasteiger partial charge in [0.2, 0.25) is 11.8 Å². The molecule has 0 spiro atoms. The molecule has 32 heavy (non-hydrogen) atoms. The van der Waals surface area contributed by atoms with Crippen molar-refractivity contribution in [2.45, 2.75) is 38.8 Å². The van der Waals surface area contributed by atoms with Crippen LogP contribution in [0.15, 0.2) is 46.9 Å². The SMILES string of the molecule is Cc1cc(C)cc(NC(=O)N2CCCC(c3nnc(-c4ccc(C(F)(F)F)cc4)o3)C2)c1. The number of benzene rings is 2. The molecule has 2 aromatic carbocycles. The lowest BCUT2D eigenvalue weighted by molar-refractivity contribution is -0.137. The van der Waals surface area contributed by atoms with Gasteiger partial charge < -0.3 is 14.6 Å². The highest BCUT2D eigenvalue weighted by Gasteiger charge is 2.31. The van der Waals surface area contributed by atoms with Crippen molar-refractivity contribution in [3.8, 4) is 11.5 Å². The Bertz CT molecular complexity index is 1090. The number of nitrogens with one attached hydrogen (secondary N) is 1. The topological polar surface area (TPSA) is 71.3 Å². The molecule has 1 aliphatic rings. The predicted octanol–water partition coefficient (Wildman–Crippen LogP) is 5.78. The summed E-state index contributed by atoms with van der Waals surface area (Å²) in [5.74, 6) is 0.402. The number of rotatable bonds is 3. The van der Waals surface area contributed by atoms with Crippen molar-refractivity contribution < 1.29 is 22.4 Å². The van der Waals surface area contributed by atoms with Crippen LogP contribution in [-0.2, 0) is 6.18 Å². The maximum Gasteiger partial charge on any atom is 0.416 e. The second-order valence-electron chi connectivity index (χ2n) is 8.11. The number of aryl methyl sites for hydroxylation is 2. The third-order valence-electron chi connectivity index (χ3n) is 5.43. The highest BCUT2D eigenvalue weighted by atomic mass is 19.4. The number of piperidine rings is 1. The number of alkyl halides is 3. The summed E-state index contributed by atoms with van der Waals surface area (Å²) in [5, 5.41) is 11.0. The van der Waals surface area contributed by atoms with Gasteiger partial charge in [-0.15, -0.1) is 10.2 Å². The van der Waals surface area contributed by atoms with E-state index < -0.39 is 11.7 Å². The van der Waals surface area contributed by atoms with E-state index in [4.69, 9.17) is 4.42 Å². The van der Waals surface area contributed by atoms with E-state index in [0.717, 1.165) is 41.8 Å². The summed E-state index contributed by atoms with van der Waals surface area (Å²) in [6.45, 7) is 4.99. The molecule has 9 heteroatoms. The molecule has 3 aromatic rings. The molecule has 1 fully saturated rings. The lowest BCUT2D eigenvalue weighted by atomic mass is 9.98. The van der Waals surface area contributed by atoms with Gasteiger partial charge in [-0.25, -0.2) is 4.79 Å². The second kappa shape index (κ2) is 8.64. The van der Waals surface area contributed by atoms with Crippen LogP contribution >= 0.6 is 0 Å². The fraction of sp³-hybridized carbons (Fsp3) is 0.348. The Morgan fingerprint density at radius 1 is 1.09 bits per heavy atom. The summed E-state index contributed by atoms with van der Waals surface area (Å²) in [5.41, 5.74) is 2.56. The van der Waals surface area contributed by atoms with Gasteiger partial charge in [0, 0.05) is 24.3 Å². The predicted molar refractivity (Wildman–Crippen MR) is 113 cm³/mol. The highest BCUT2D eigenvalue weighted by molar-refractivity contribution is 5.89. The zero-order valence-electron chi connectivity index (χ0n) is 17.7. The molecular formula is C23H23F3N4O2. The maximum atomic E-state index is 12.8. The van der Waals surface area contributed by atoms with Crippen molar-refractivity contribution in [1.29, 1.82) is 0 Å². The van der Waals surface area contributed by atoms with Gasteiger partial charge in [0.1, 0.15) is 0 Å². The number of halogens is 3. The third kappa shape index (κ3) is 4.92. The number of carbonyl (C=O) groups is 1. The first-order chi connectivity index (χ1) is 15.2. The van der Waals surface area contributed by atoms with Gasteiger partial charge in [0.15, 0.2) is 0 Å². The van der Waals surface area contributed by atoms with Crippen LogP contribution in [0.2, 0.25) is 0 Å².